The van der Waals surface area contributed by atoms with Crippen LogP contribution in [0, 0.1) is 0 Å². The van der Waals surface area contributed by atoms with E-state index < -0.39 is 0 Å². The number of benzene rings is 1. The number of hydrogen-bond acceptors (Lipinski definition) is 1. The first-order chi connectivity index (χ1) is 8.43. The smallest absolute Gasteiger partial charge is 0.0345 e. The standard InChI is InChI=1S/C16H14S/c1-3-7-13(8-4-1)15-11-12-16(17-15)14-9-5-2-6-10-14/h1-9,11-12,14H,10H2/t14-/m1/s1. The molecule has 1 aromatic heterocycles. The van der Waals surface area contributed by atoms with E-state index >= 15 is 0 Å². The third kappa shape index (κ3) is 2.25. The lowest BCUT2D eigenvalue weighted by molar-refractivity contribution is 0.873. The zero-order valence-corrected chi connectivity index (χ0v) is 10.4. The Labute approximate surface area is 106 Å². The van der Waals surface area contributed by atoms with Crippen LogP contribution < -0.4 is 0 Å². The molecule has 1 aromatic carbocycles. The van der Waals surface area contributed by atoms with Crippen LogP contribution in [0.25, 0.3) is 10.4 Å². The van der Waals surface area contributed by atoms with E-state index in [0.29, 0.717) is 5.92 Å². The van der Waals surface area contributed by atoms with Crippen LogP contribution in [0.1, 0.15) is 17.2 Å². The first-order valence-corrected chi connectivity index (χ1v) is 6.73. The quantitative estimate of drug-likeness (QED) is 0.689. The number of rotatable bonds is 2. The van der Waals surface area contributed by atoms with Crippen molar-refractivity contribution in [3.8, 4) is 10.4 Å². The lowest BCUT2D eigenvalue weighted by Gasteiger charge is -2.09. The van der Waals surface area contributed by atoms with Crippen molar-refractivity contribution >= 4 is 11.3 Å². The summed E-state index contributed by atoms with van der Waals surface area (Å²) >= 11 is 1.91. The molecule has 0 aliphatic heterocycles. The van der Waals surface area contributed by atoms with Crippen LogP contribution >= 0.6 is 11.3 Å². The van der Waals surface area contributed by atoms with E-state index in [4.69, 9.17) is 0 Å². The average molecular weight is 238 g/mol. The topological polar surface area (TPSA) is 0 Å². The zero-order chi connectivity index (χ0) is 11.5. The normalized spacial score (nSPS) is 18.5. The highest BCUT2D eigenvalue weighted by molar-refractivity contribution is 7.15. The Morgan fingerprint density at radius 1 is 0.941 bits per heavy atom. The van der Waals surface area contributed by atoms with Gasteiger partial charge in [-0.25, -0.2) is 0 Å². The molecule has 0 saturated carbocycles. The third-order valence-electron chi connectivity index (χ3n) is 3.03. The van der Waals surface area contributed by atoms with Crippen LogP contribution in [-0.2, 0) is 0 Å². The minimum Gasteiger partial charge on any atom is -0.140 e. The molecule has 1 heteroatoms. The molecular formula is C16H14S. The van der Waals surface area contributed by atoms with Crippen molar-refractivity contribution in [1.82, 2.24) is 0 Å². The second-order valence-electron chi connectivity index (χ2n) is 4.22. The fourth-order valence-electron chi connectivity index (χ4n) is 2.10. The van der Waals surface area contributed by atoms with E-state index in [0.717, 1.165) is 6.42 Å². The molecule has 0 spiro atoms. The molecule has 0 unspecified atom stereocenters. The van der Waals surface area contributed by atoms with Gasteiger partial charge in [0, 0.05) is 15.7 Å². The minimum absolute atomic E-state index is 0.572. The molecule has 1 aliphatic carbocycles. The Morgan fingerprint density at radius 3 is 2.59 bits per heavy atom. The van der Waals surface area contributed by atoms with E-state index in [2.05, 4.69) is 66.8 Å². The lowest BCUT2D eigenvalue weighted by Crippen LogP contribution is -1.91. The van der Waals surface area contributed by atoms with Gasteiger partial charge in [-0.3, -0.25) is 0 Å². The third-order valence-corrected chi connectivity index (χ3v) is 4.30. The summed E-state index contributed by atoms with van der Waals surface area (Å²) in [6, 6.07) is 15.1. The first kappa shape index (κ1) is 10.5. The summed E-state index contributed by atoms with van der Waals surface area (Å²) in [6.45, 7) is 0. The van der Waals surface area contributed by atoms with Gasteiger partial charge in [0.25, 0.3) is 0 Å². The molecule has 0 nitrogen and oxygen atoms in total. The number of thiophene rings is 1. The lowest BCUT2D eigenvalue weighted by atomic mass is 9.99. The van der Waals surface area contributed by atoms with Crippen LogP contribution in [0.2, 0.25) is 0 Å². The molecule has 0 fully saturated rings. The van der Waals surface area contributed by atoms with Gasteiger partial charge in [0.15, 0.2) is 0 Å². The molecular weight excluding hydrogens is 224 g/mol. The highest BCUT2D eigenvalue weighted by Crippen LogP contribution is 2.35. The second-order valence-corrected chi connectivity index (χ2v) is 5.34. The molecule has 84 valence electrons. The van der Waals surface area contributed by atoms with Crippen molar-refractivity contribution < 1.29 is 0 Å². The Balaban J connectivity index is 1.88. The monoisotopic (exact) mass is 238 g/mol. The maximum Gasteiger partial charge on any atom is 0.0345 e. The fourth-order valence-corrected chi connectivity index (χ4v) is 3.21. The molecule has 0 radical (unpaired) electrons. The number of allylic oxidation sites excluding steroid dienone is 4. The zero-order valence-electron chi connectivity index (χ0n) is 9.54. The highest BCUT2D eigenvalue weighted by Gasteiger charge is 2.11. The Bertz CT molecular complexity index is 546. The van der Waals surface area contributed by atoms with Gasteiger partial charge in [0.05, 0.1) is 0 Å². The van der Waals surface area contributed by atoms with Crippen LogP contribution in [0.15, 0.2) is 66.8 Å². The van der Waals surface area contributed by atoms with Crippen molar-refractivity contribution in [2.24, 2.45) is 0 Å². The van der Waals surface area contributed by atoms with Gasteiger partial charge in [-0.2, -0.15) is 0 Å². The van der Waals surface area contributed by atoms with Crippen LogP contribution in [-0.4, -0.2) is 0 Å². The van der Waals surface area contributed by atoms with E-state index in [1.807, 2.05) is 11.3 Å². The fraction of sp³-hybridized carbons (Fsp3) is 0.125. The van der Waals surface area contributed by atoms with E-state index in [-0.39, 0.29) is 0 Å². The van der Waals surface area contributed by atoms with Crippen molar-refractivity contribution in [3.05, 3.63) is 71.6 Å². The summed E-state index contributed by atoms with van der Waals surface area (Å²) < 4.78 is 0. The Morgan fingerprint density at radius 2 is 1.82 bits per heavy atom. The Kier molecular flexibility index (Phi) is 2.93. The molecule has 1 aliphatic rings. The minimum atomic E-state index is 0.572. The van der Waals surface area contributed by atoms with E-state index in [1.54, 1.807) is 0 Å². The van der Waals surface area contributed by atoms with Crippen LogP contribution in [0.3, 0.4) is 0 Å². The van der Waals surface area contributed by atoms with Crippen molar-refractivity contribution in [2.75, 3.05) is 0 Å². The predicted molar refractivity (Wildman–Crippen MR) is 75.4 cm³/mol. The molecule has 1 heterocycles. The molecule has 17 heavy (non-hydrogen) atoms. The predicted octanol–water partition coefficient (Wildman–Crippen LogP) is 5.01. The maximum absolute atomic E-state index is 2.29. The van der Waals surface area contributed by atoms with Gasteiger partial charge in [-0.05, 0) is 24.1 Å². The van der Waals surface area contributed by atoms with Gasteiger partial charge < -0.3 is 0 Å². The largest absolute Gasteiger partial charge is 0.140 e. The van der Waals surface area contributed by atoms with Crippen molar-refractivity contribution in [2.45, 2.75) is 12.3 Å². The van der Waals surface area contributed by atoms with E-state index in [1.165, 1.54) is 15.3 Å². The van der Waals surface area contributed by atoms with Gasteiger partial charge in [-0.1, -0.05) is 54.6 Å². The van der Waals surface area contributed by atoms with Gasteiger partial charge in [-0.15, -0.1) is 11.3 Å². The van der Waals surface area contributed by atoms with Crippen molar-refractivity contribution in [1.29, 1.82) is 0 Å². The average Bonchev–Trinajstić information content (AvgIpc) is 2.90. The molecule has 0 saturated heterocycles. The molecule has 2 aromatic rings. The van der Waals surface area contributed by atoms with Gasteiger partial charge >= 0.3 is 0 Å². The second kappa shape index (κ2) is 4.72. The molecule has 0 N–H and O–H groups in total. The first-order valence-electron chi connectivity index (χ1n) is 5.92. The summed E-state index contributed by atoms with van der Waals surface area (Å²) in [7, 11) is 0. The van der Waals surface area contributed by atoms with Gasteiger partial charge in [0.2, 0.25) is 0 Å². The Hall–Kier alpha value is -1.60. The molecule has 1 atom stereocenters. The van der Waals surface area contributed by atoms with Gasteiger partial charge in [0.1, 0.15) is 0 Å². The summed E-state index contributed by atoms with van der Waals surface area (Å²) in [5, 5.41) is 0. The summed E-state index contributed by atoms with van der Waals surface area (Å²) in [5.41, 5.74) is 1.32. The van der Waals surface area contributed by atoms with E-state index in [9.17, 15) is 0 Å². The highest BCUT2D eigenvalue weighted by atomic mass is 32.1. The summed E-state index contributed by atoms with van der Waals surface area (Å²) in [4.78, 5) is 2.83. The molecule has 3 rings (SSSR count). The maximum atomic E-state index is 2.29. The van der Waals surface area contributed by atoms with Crippen molar-refractivity contribution in [3.63, 3.8) is 0 Å². The SMILES string of the molecule is C1=CC[C@H](c2ccc(-c3ccccc3)s2)C=C1. The summed E-state index contributed by atoms with van der Waals surface area (Å²) in [6.07, 6.45) is 9.94. The number of hydrogen-bond donors (Lipinski definition) is 0. The molecule has 0 bridgehead atoms. The molecule has 0 amide bonds. The van der Waals surface area contributed by atoms with Crippen LogP contribution in [0.5, 0.6) is 0 Å². The van der Waals surface area contributed by atoms with Crippen LogP contribution in [0.4, 0.5) is 0 Å². The summed E-state index contributed by atoms with van der Waals surface area (Å²) in [5.74, 6) is 0.572.